The maximum absolute atomic E-state index is 13.4. The molecule has 1 aromatic heterocycles. The Kier molecular flexibility index (Phi) is 10.3. The summed E-state index contributed by atoms with van der Waals surface area (Å²) in [5.41, 5.74) is 2.95. The van der Waals surface area contributed by atoms with Crippen molar-refractivity contribution in [2.75, 3.05) is 18.5 Å². The zero-order valence-electron chi connectivity index (χ0n) is 22.5. The fraction of sp³-hybridized carbons (Fsp3) is 0.267. The number of carbonyl (C=O) groups is 1. The lowest BCUT2D eigenvalue weighted by molar-refractivity contribution is -0.118. The summed E-state index contributed by atoms with van der Waals surface area (Å²) in [7, 11) is 0. The summed E-state index contributed by atoms with van der Waals surface area (Å²) >= 11 is 5.58. The van der Waals surface area contributed by atoms with E-state index < -0.39 is 0 Å². The van der Waals surface area contributed by atoms with Crippen molar-refractivity contribution < 1.29 is 14.3 Å². The molecule has 3 aromatic carbocycles. The fourth-order valence-corrected chi connectivity index (χ4v) is 5.11. The zero-order valence-corrected chi connectivity index (χ0v) is 26.3. The smallest absolute Gasteiger partial charge is 0.282 e. The van der Waals surface area contributed by atoms with Crippen LogP contribution in [0.1, 0.15) is 43.6 Å². The van der Waals surface area contributed by atoms with Crippen molar-refractivity contribution in [3.63, 3.8) is 0 Å². The Morgan fingerprint density at radius 1 is 1.12 bits per heavy atom. The Morgan fingerprint density at radius 3 is 2.62 bits per heavy atom. The maximum atomic E-state index is 13.4. The summed E-state index contributed by atoms with van der Waals surface area (Å²) < 4.78 is 14.6. The molecule has 40 heavy (non-hydrogen) atoms. The lowest BCUT2D eigenvalue weighted by Crippen LogP contribution is -2.22. The topological polar surface area (TPSA) is 94.8 Å². The number of halogens is 2. The molecule has 1 heterocycles. The van der Waals surface area contributed by atoms with Crippen LogP contribution in [0.4, 0.5) is 5.69 Å². The van der Waals surface area contributed by atoms with Crippen molar-refractivity contribution in [3.05, 3.63) is 89.9 Å². The van der Waals surface area contributed by atoms with E-state index in [4.69, 9.17) is 14.5 Å². The van der Waals surface area contributed by atoms with Crippen molar-refractivity contribution >= 4 is 67.2 Å². The number of ether oxygens (including phenoxy) is 2. The number of anilines is 1. The van der Waals surface area contributed by atoms with E-state index in [1.165, 1.54) is 4.68 Å². The van der Waals surface area contributed by atoms with Gasteiger partial charge in [-0.05, 0) is 90.9 Å². The molecule has 0 radical (unpaired) electrons. The van der Waals surface area contributed by atoms with Crippen molar-refractivity contribution in [2.45, 2.75) is 40.0 Å². The number of nitrogens with zero attached hydrogens (tertiary/aromatic N) is 3. The second-order valence-corrected chi connectivity index (χ2v) is 11.2. The third kappa shape index (κ3) is 7.48. The van der Waals surface area contributed by atoms with Gasteiger partial charge in [0.1, 0.15) is 5.82 Å². The van der Waals surface area contributed by atoms with Crippen LogP contribution in [0.5, 0.6) is 11.5 Å². The average molecular weight is 717 g/mol. The average Bonchev–Trinajstić information content (AvgIpc) is 2.93. The first-order valence-corrected chi connectivity index (χ1v) is 14.9. The van der Waals surface area contributed by atoms with Gasteiger partial charge in [0.25, 0.3) is 11.5 Å². The molecular weight excluding hydrogens is 687 g/mol. The Labute approximate surface area is 255 Å². The van der Waals surface area contributed by atoms with Crippen molar-refractivity contribution in [2.24, 2.45) is 5.10 Å². The van der Waals surface area contributed by atoms with Gasteiger partial charge in [0.2, 0.25) is 0 Å². The molecule has 0 saturated carbocycles. The van der Waals surface area contributed by atoms with Crippen LogP contribution in [0.25, 0.3) is 10.9 Å². The van der Waals surface area contributed by atoms with Gasteiger partial charge in [-0.25, -0.2) is 4.98 Å². The summed E-state index contributed by atoms with van der Waals surface area (Å²) in [6, 6.07) is 16.7. The van der Waals surface area contributed by atoms with Gasteiger partial charge in [-0.15, -0.1) is 0 Å². The van der Waals surface area contributed by atoms with Crippen LogP contribution in [0.15, 0.2) is 69.0 Å². The van der Waals surface area contributed by atoms with Gasteiger partial charge in [0.15, 0.2) is 18.1 Å². The van der Waals surface area contributed by atoms with E-state index in [0.29, 0.717) is 52.5 Å². The first-order valence-electron chi connectivity index (χ1n) is 13.0. The second kappa shape index (κ2) is 13.9. The standard InChI is InChI=1S/C30H30BrIN4O4/c1-4-6-7-27-35-25-13-10-21(31)16-23(25)30(38)36(27)33-17-20-14-24(32)29(26(15-20)39-5-2)40-18-28(37)34-22-11-8-19(3)9-12-22/h8-17H,4-7,18H2,1-3H3,(H,34,37). The van der Waals surface area contributed by atoms with E-state index >= 15 is 0 Å². The highest BCUT2D eigenvalue weighted by Gasteiger charge is 2.15. The van der Waals surface area contributed by atoms with Gasteiger partial charge in [-0.3, -0.25) is 9.59 Å². The summed E-state index contributed by atoms with van der Waals surface area (Å²) in [6.07, 6.45) is 4.10. The zero-order chi connectivity index (χ0) is 28.6. The molecule has 4 aromatic rings. The molecule has 1 N–H and O–H groups in total. The van der Waals surface area contributed by atoms with E-state index in [1.54, 1.807) is 18.3 Å². The Hall–Kier alpha value is -3.25. The molecule has 208 valence electrons. The summed E-state index contributed by atoms with van der Waals surface area (Å²) in [5.74, 6) is 1.29. The van der Waals surface area contributed by atoms with Gasteiger partial charge in [0, 0.05) is 16.6 Å². The van der Waals surface area contributed by atoms with Crippen LogP contribution in [0.3, 0.4) is 0 Å². The van der Waals surface area contributed by atoms with Crippen LogP contribution in [-0.2, 0) is 11.2 Å². The number of fused-ring (bicyclic) bond motifs is 1. The Balaban J connectivity index is 1.60. The van der Waals surface area contributed by atoms with Gasteiger partial charge in [-0.1, -0.05) is 47.0 Å². The number of aromatic nitrogens is 2. The number of aryl methyl sites for hydroxylation is 2. The summed E-state index contributed by atoms with van der Waals surface area (Å²) in [4.78, 5) is 30.6. The highest BCUT2D eigenvalue weighted by atomic mass is 127. The highest BCUT2D eigenvalue weighted by Crippen LogP contribution is 2.34. The van der Waals surface area contributed by atoms with Gasteiger partial charge in [-0.2, -0.15) is 9.78 Å². The molecule has 8 nitrogen and oxygen atoms in total. The van der Waals surface area contributed by atoms with Crippen molar-refractivity contribution in [1.82, 2.24) is 9.66 Å². The van der Waals surface area contributed by atoms with Crippen LogP contribution in [0.2, 0.25) is 0 Å². The molecule has 0 saturated heterocycles. The lowest BCUT2D eigenvalue weighted by Gasteiger charge is -2.15. The molecule has 0 aliphatic carbocycles. The minimum absolute atomic E-state index is 0.175. The molecular formula is C30H30BrIN4O4. The number of hydrogen-bond acceptors (Lipinski definition) is 6. The van der Waals surface area contributed by atoms with E-state index in [0.717, 1.165) is 26.4 Å². The molecule has 10 heteroatoms. The Morgan fingerprint density at radius 2 is 1.90 bits per heavy atom. The highest BCUT2D eigenvalue weighted by molar-refractivity contribution is 14.1. The minimum atomic E-state index is -0.276. The third-order valence-electron chi connectivity index (χ3n) is 5.97. The van der Waals surface area contributed by atoms with E-state index in [2.05, 4.69) is 55.9 Å². The molecule has 0 spiro atoms. The largest absolute Gasteiger partial charge is 0.490 e. The normalized spacial score (nSPS) is 11.2. The van der Waals surface area contributed by atoms with Crippen LogP contribution < -0.4 is 20.3 Å². The number of carbonyl (C=O) groups excluding carboxylic acids is 1. The first-order chi connectivity index (χ1) is 19.3. The first kappa shape index (κ1) is 29.7. The lowest BCUT2D eigenvalue weighted by atomic mass is 10.2. The van der Waals surface area contributed by atoms with Crippen LogP contribution in [0, 0.1) is 10.5 Å². The molecule has 0 bridgehead atoms. The number of nitrogens with one attached hydrogen (secondary N) is 1. The molecule has 0 aliphatic rings. The number of amides is 1. The maximum Gasteiger partial charge on any atom is 0.282 e. The van der Waals surface area contributed by atoms with Gasteiger partial charge >= 0.3 is 0 Å². The summed E-state index contributed by atoms with van der Waals surface area (Å²) in [5, 5.41) is 7.87. The Bertz CT molecular complexity index is 1600. The molecule has 0 aliphatic heterocycles. The van der Waals surface area contributed by atoms with Crippen LogP contribution >= 0.6 is 38.5 Å². The van der Waals surface area contributed by atoms with E-state index in [-0.39, 0.29) is 18.1 Å². The predicted octanol–water partition coefficient (Wildman–Crippen LogP) is 6.71. The minimum Gasteiger partial charge on any atom is -0.490 e. The number of unbranched alkanes of at least 4 members (excludes halogenated alkanes) is 1. The molecule has 0 unspecified atom stereocenters. The molecule has 0 fully saturated rings. The summed E-state index contributed by atoms with van der Waals surface area (Å²) in [6.45, 7) is 6.19. The van der Waals surface area contributed by atoms with Gasteiger partial charge < -0.3 is 14.8 Å². The SMILES string of the molecule is CCCCc1nc2ccc(Br)cc2c(=O)n1N=Cc1cc(I)c(OCC(=O)Nc2ccc(C)cc2)c(OCC)c1. The number of benzene rings is 3. The van der Waals surface area contributed by atoms with Crippen molar-refractivity contribution in [1.29, 1.82) is 0 Å². The van der Waals surface area contributed by atoms with Crippen LogP contribution in [-0.4, -0.2) is 35.0 Å². The van der Waals surface area contributed by atoms with Gasteiger partial charge in [0.05, 0.1) is 27.3 Å². The third-order valence-corrected chi connectivity index (χ3v) is 7.26. The quantitative estimate of drug-likeness (QED) is 0.138. The van der Waals surface area contributed by atoms with E-state index in [1.807, 2.05) is 56.3 Å². The van der Waals surface area contributed by atoms with Crippen molar-refractivity contribution in [3.8, 4) is 11.5 Å². The number of hydrogen-bond donors (Lipinski definition) is 1. The molecule has 1 amide bonds. The molecule has 4 rings (SSSR count). The fourth-order valence-electron chi connectivity index (χ4n) is 3.97. The van der Waals surface area contributed by atoms with E-state index in [9.17, 15) is 9.59 Å². The second-order valence-electron chi connectivity index (χ2n) is 9.12. The monoisotopic (exact) mass is 716 g/mol. The predicted molar refractivity (Wildman–Crippen MR) is 171 cm³/mol. The number of rotatable bonds is 11. The molecule has 0 atom stereocenters.